The fraction of sp³-hybridized carbons (Fsp3) is 0.0556. The van der Waals surface area contributed by atoms with E-state index in [9.17, 15) is 0 Å². The molecule has 0 saturated heterocycles. The minimum absolute atomic E-state index is 0.936. The molecular weight excluding hydrogens is 474 g/mol. The van der Waals surface area contributed by atoms with Crippen LogP contribution >= 0.6 is 0 Å². The first-order valence-corrected chi connectivity index (χ1v) is 13.6. The third-order valence-electron chi connectivity index (χ3n) is 8.38. The molecule has 0 N–H and O–H groups in total. The van der Waals surface area contributed by atoms with Crippen molar-refractivity contribution >= 4 is 54.9 Å². The zero-order chi connectivity index (χ0) is 25.5. The maximum Gasteiger partial charge on any atom is 0.148 e. The summed E-state index contributed by atoms with van der Waals surface area (Å²) in [6.45, 7) is 0. The van der Waals surface area contributed by atoms with E-state index in [4.69, 9.17) is 9.97 Å². The van der Waals surface area contributed by atoms with Crippen molar-refractivity contribution in [3.8, 4) is 22.5 Å². The van der Waals surface area contributed by atoms with E-state index in [1.165, 1.54) is 43.4 Å². The van der Waals surface area contributed by atoms with Crippen molar-refractivity contribution in [1.82, 2.24) is 14.4 Å². The minimum atomic E-state index is 0.936. The molecule has 8 aromatic rings. The second kappa shape index (κ2) is 7.75. The molecule has 0 saturated carbocycles. The second-order valence-electron chi connectivity index (χ2n) is 10.5. The summed E-state index contributed by atoms with van der Waals surface area (Å²) in [4.78, 5) is 10.2. The van der Waals surface area contributed by atoms with Crippen LogP contribution in [-0.4, -0.2) is 14.4 Å². The fourth-order valence-electron chi connectivity index (χ4n) is 6.55. The van der Waals surface area contributed by atoms with E-state index in [-0.39, 0.29) is 0 Å². The molecule has 2 aromatic heterocycles. The standard InChI is InChI=1S/C36H23N3/c1-2-9-30-29(8-1)36-38-31-10-3-4-11-32(31)39(36)35(37-30)26-16-12-22(13-17-26)27-20-18-25-15-14-23-6-5-7-24-19-21-28(27)34(25)33(23)24/h1-2,4-9,11-21H,3,10H2. The molecule has 6 aromatic carbocycles. The number of rotatable bonds is 2. The predicted octanol–water partition coefficient (Wildman–Crippen LogP) is 9.07. The zero-order valence-electron chi connectivity index (χ0n) is 21.2. The summed E-state index contributed by atoms with van der Waals surface area (Å²) in [5, 5.41) is 8.97. The van der Waals surface area contributed by atoms with E-state index in [0.717, 1.165) is 52.2 Å². The van der Waals surface area contributed by atoms with Gasteiger partial charge in [0.15, 0.2) is 0 Å². The molecule has 2 heterocycles. The zero-order valence-corrected chi connectivity index (χ0v) is 21.2. The van der Waals surface area contributed by atoms with Crippen molar-refractivity contribution in [2.24, 2.45) is 0 Å². The monoisotopic (exact) mass is 497 g/mol. The number of aromatic nitrogens is 3. The molecule has 0 radical (unpaired) electrons. The molecule has 0 unspecified atom stereocenters. The van der Waals surface area contributed by atoms with Crippen molar-refractivity contribution in [3.63, 3.8) is 0 Å². The van der Waals surface area contributed by atoms with Gasteiger partial charge in [-0.25, -0.2) is 9.97 Å². The van der Waals surface area contributed by atoms with Crippen molar-refractivity contribution in [2.45, 2.75) is 12.8 Å². The van der Waals surface area contributed by atoms with E-state index in [1.807, 2.05) is 0 Å². The number of nitrogens with zero attached hydrogens (tertiary/aromatic N) is 3. The molecule has 3 heteroatoms. The van der Waals surface area contributed by atoms with Crippen LogP contribution in [0.2, 0.25) is 0 Å². The molecule has 0 bridgehead atoms. The first-order valence-electron chi connectivity index (χ1n) is 13.6. The topological polar surface area (TPSA) is 30.2 Å². The highest BCUT2D eigenvalue weighted by Crippen LogP contribution is 2.40. The Kier molecular flexibility index (Phi) is 4.17. The van der Waals surface area contributed by atoms with Gasteiger partial charge in [0.2, 0.25) is 0 Å². The van der Waals surface area contributed by atoms with Crippen LogP contribution in [0.5, 0.6) is 0 Å². The Hall–Kier alpha value is -5.02. The molecule has 182 valence electrons. The van der Waals surface area contributed by atoms with Crippen molar-refractivity contribution in [1.29, 1.82) is 0 Å². The van der Waals surface area contributed by atoms with Crippen LogP contribution in [0.15, 0.2) is 109 Å². The molecule has 0 spiro atoms. The van der Waals surface area contributed by atoms with Gasteiger partial charge in [0.1, 0.15) is 11.5 Å². The number of aryl methyl sites for hydroxylation is 1. The van der Waals surface area contributed by atoms with E-state index in [1.54, 1.807) is 0 Å². The van der Waals surface area contributed by atoms with Gasteiger partial charge in [-0.3, -0.25) is 4.40 Å². The van der Waals surface area contributed by atoms with Crippen LogP contribution in [0.3, 0.4) is 0 Å². The third-order valence-corrected chi connectivity index (χ3v) is 8.38. The summed E-state index contributed by atoms with van der Waals surface area (Å²) < 4.78 is 2.25. The first kappa shape index (κ1) is 21.0. The number of imidazole rings is 1. The SMILES string of the molecule is C1=Cc2c(nc3c4ccccc4nc(-c4ccc(-c5ccc6ccc7cccc8ccc5c6c78)cc4)n23)CC1. The second-order valence-corrected chi connectivity index (χ2v) is 10.5. The van der Waals surface area contributed by atoms with Gasteiger partial charge in [-0.05, 0) is 74.5 Å². The smallest absolute Gasteiger partial charge is 0.148 e. The molecule has 1 aliphatic carbocycles. The highest BCUT2D eigenvalue weighted by atomic mass is 15.1. The quantitative estimate of drug-likeness (QED) is 0.223. The average molecular weight is 498 g/mol. The Morgan fingerprint density at radius 2 is 1.33 bits per heavy atom. The largest absolute Gasteiger partial charge is 0.276 e. The number of hydrogen-bond donors (Lipinski definition) is 0. The number of allylic oxidation sites excluding steroid dienone is 1. The van der Waals surface area contributed by atoms with Crippen LogP contribution < -0.4 is 0 Å². The molecule has 3 nitrogen and oxygen atoms in total. The van der Waals surface area contributed by atoms with Crippen LogP contribution in [0.25, 0.3) is 77.5 Å². The van der Waals surface area contributed by atoms with Gasteiger partial charge < -0.3 is 0 Å². The average Bonchev–Trinajstić information content (AvgIpc) is 3.40. The summed E-state index contributed by atoms with van der Waals surface area (Å²) in [7, 11) is 0. The summed E-state index contributed by atoms with van der Waals surface area (Å²) in [5.74, 6) is 0.936. The van der Waals surface area contributed by atoms with Gasteiger partial charge in [-0.2, -0.15) is 0 Å². The lowest BCUT2D eigenvalue weighted by molar-refractivity contribution is 0.940. The van der Waals surface area contributed by atoms with E-state index in [2.05, 4.69) is 120 Å². The van der Waals surface area contributed by atoms with E-state index < -0.39 is 0 Å². The Morgan fingerprint density at radius 3 is 2.21 bits per heavy atom. The first-order chi connectivity index (χ1) is 19.3. The number of hydrogen-bond acceptors (Lipinski definition) is 2. The Bertz CT molecular complexity index is 2250. The Balaban J connectivity index is 1.25. The van der Waals surface area contributed by atoms with Crippen molar-refractivity contribution < 1.29 is 0 Å². The fourth-order valence-corrected chi connectivity index (χ4v) is 6.55. The van der Waals surface area contributed by atoms with Crippen LogP contribution in [0, 0.1) is 0 Å². The summed E-state index contributed by atoms with van der Waals surface area (Å²) in [5.41, 5.74) is 7.83. The number of para-hydroxylation sites is 1. The minimum Gasteiger partial charge on any atom is -0.276 e. The third kappa shape index (κ3) is 2.93. The number of fused-ring (bicyclic) bond motifs is 5. The molecule has 0 fully saturated rings. The summed E-state index contributed by atoms with van der Waals surface area (Å²) in [6.07, 6.45) is 6.45. The highest BCUT2D eigenvalue weighted by Gasteiger charge is 2.20. The summed E-state index contributed by atoms with van der Waals surface area (Å²) in [6, 6.07) is 37.3. The normalized spacial score (nSPS) is 13.3. The lowest BCUT2D eigenvalue weighted by Crippen LogP contribution is -2.01. The predicted molar refractivity (Wildman–Crippen MR) is 162 cm³/mol. The van der Waals surface area contributed by atoms with Gasteiger partial charge in [0.25, 0.3) is 0 Å². The molecule has 0 amide bonds. The Morgan fingerprint density at radius 1 is 0.590 bits per heavy atom. The highest BCUT2D eigenvalue weighted by molar-refractivity contribution is 6.25. The Labute approximate surface area is 225 Å². The van der Waals surface area contributed by atoms with Gasteiger partial charge in [-0.15, -0.1) is 0 Å². The van der Waals surface area contributed by atoms with Gasteiger partial charge in [-0.1, -0.05) is 97.1 Å². The maximum absolute atomic E-state index is 5.15. The van der Waals surface area contributed by atoms with E-state index in [0.29, 0.717) is 0 Å². The van der Waals surface area contributed by atoms with Crippen molar-refractivity contribution in [2.75, 3.05) is 0 Å². The van der Waals surface area contributed by atoms with Gasteiger partial charge in [0, 0.05) is 10.9 Å². The lowest BCUT2D eigenvalue weighted by atomic mass is 9.90. The molecule has 0 atom stereocenters. The van der Waals surface area contributed by atoms with Crippen LogP contribution in [0.1, 0.15) is 17.8 Å². The molecular formula is C36H23N3. The number of benzene rings is 6. The van der Waals surface area contributed by atoms with Crippen LogP contribution in [-0.2, 0) is 6.42 Å². The molecule has 1 aliphatic rings. The lowest BCUT2D eigenvalue weighted by Gasteiger charge is -2.15. The van der Waals surface area contributed by atoms with Crippen molar-refractivity contribution in [3.05, 3.63) is 121 Å². The van der Waals surface area contributed by atoms with E-state index >= 15 is 0 Å². The molecule has 9 rings (SSSR count). The van der Waals surface area contributed by atoms with Gasteiger partial charge >= 0.3 is 0 Å². The summed E-state index contributed by atoms with van der Waals surface area (Å²) >= 11 is 0. The van der Waals surface area contributed by atoms with Crippen LogP contribution in [0.4, 0.5) is 0 Å². The molecule has 0 aliphatic heterocycles. The molecule has 39 heavy (non-hydrogen) atoms. The maximum atomic E-state index is 5.15. The van der Waals surface area contributed by atoms with Gasteiger partial charge in [0.05, 0.1) is 16.9 Å².